The molecule has 1 aromatic heterocycles. The Bertz CT molecular complexity index is 629. The Morgan fingerprint density at radius 2 is 2.38 bits per heavy atom. The number of aromatic nitrogens is 1. The molecule has 1 amide bonds. The number of rotatable bonds is 4. The molecule has 112 valence electrons. The molecule has 2 aromatic rings. The third-order valence-electron chi connectivity index (χ3n) is 3.92. The average Bonchev–Trinajstić information content (AvgIpc) is 2.93. The van der Waals surface area contributed by atoms with E-state index in [2.05, 4.69) is 40.7 Å². The molecule has 1 unspecified atom stereocenters. The van der Waals surface area contributed by atoms with Gasteiger partial charge < -0.3 is 20.4 Å². The monoisotopic (exact) mass is 287 g/mol. The Labute approximate surface area is 124 Å². The lowest BCUT2D eigenvalue weighted by molar-refractivity contribution is -0.134. The van der Waals surface area contributed by atoms with Gasteiger partial charge in [-0.15, -0.1) is 0 Å². The summed E-state index contributed by atoms with van der Waals surface area (Å²) in [5.41, 5.74) is 3.65. The van der Waals surface area contributed by atoms with Gasteiger partial charge in [0.15, 0.2) is 0 Å². The summed E-state index contributed by atoms with van der Waals surface area (Å²) in [6.45, 7) is 4.73. The van der Waals surface area contributed by atoms with Gasteiger partial charge in [-0.3, -0.25) is 4.79 Å². The third kappa shape index (κ3) is 3.09. The number of carbonyl (C=O) groups is 1. The molecule has 3 rings (SSSR count). The minimum Gasteiger partial charge on any atom is -0.366 e. The molecule has 0 spiro atoms. The number of para-hydroxylation sites is 1. The number of hydrogen-bond donors (Lipinski definition) is 3. The molecule has 0 radical (unpaired) electrons. The van der Waals surface area contributed by atoms with E-state index in [1.165, 1.54) is 22.0 Å². The van der Waals surface area contributed by atoms with Crippen molar-refractivity contribution in [2.75, 3.05) is 26.2 Å². The highest BCUT2D eigenvalue weighted by Gasteiger charge is 2.21. The molecule has 0 aliphatic carbocycles. The Balaban J connectivity index is 1.57. The van der Waals surface area contributed by atoms with Crippen molar-refractivity contribution < 1.29 is 9.53 Å². The standard InChI is InChI=1S/C16H21N3O2/c1-11-3-2-4-13-12(9-19-15(11)13)5-6-18-16(20)14-10-17-7-8-21-14/h2-4,9,14,17,19H,5-8,10H2,1H3,(H,18,20). The molecular weight excluding hydrogens is 266 g/mol. The Morgan fingerprint density at radius 3 is 3.19 bits per heavy atom. The Hall–Kier alpha value is -1.85. The van der Waals surface area contributed by atoms with Crippen molar-refractivity contribution >= 4 is 16.8 Å². The van der Waals surface area contributed by atoms with E-state index >= 15 is 0 Å². The van der Waals surface area contributed by atoms with E-state index in [-0.39, 0.29) is 12.0 Å². The second kappa shape index (κ2) is 6.28. The number of fused-ring (bicyclic) bond motifs is 1. The van der Waals surface area contributed by atoms with Crippen LogP contribution in [0.2, 0.25) is 0 Å². The molecule has 3 N–H and O–H groups in total. The first-order valence-electron chi connectivity index (χ1n) is 7.41. The van der Waals surface area contributed by atoms with Crippen molar-refractivity contribution in [3.8, 4) is 0 Å². The second-order valence-corrected chi connectivity index (χ2v) is 5.42. The van der Waals surface area contributed by atoms with Crippen molar-refractivity contribution in [1.82, 2.24) is 15.6 Å². The maximum absolute atomic E-state index is 12.0. The molecule has 5 heteroatoms. The summed E-state index contributed by atoms with van der Waals surface area (Å²) in [5, 5.41) is 7.35. The fraction of sp³-hybridized carbons (Fsp3) is 0.438. The minimum atomic E-state index is -0.357. The molecule has 5 nitrogen and oxygen atoms in total. The molecule has 0 bridgehead atoms. The molecule has 1 aromatic carbocycles. The number of hydrogen-bond acceptors (Lipinski definition) is 3. The number of carbonyl (C=O) groups excluding carboxylic acids is 1. The lowest BCUT2D eigenvalue weighted by atomic mass is 10.1. The molecule has 1 aliphatic heterocycles. The van der Waals surface area contributed by atoms with Crippen molar-refractivity contribution in [1.29, 1.82) is 0 Å². The summed E-state index contributed by atoms with van der Waals surface area (Å²) in [6.07, 6.45) is 2.49. The maximum atomic E-state index is 12.0. The van der Waals surface area contributed by atoms with Gasteiger partial charge in [0.25, 0.3) is 0 Å². The van der Waals surface area contributed by atoms with Crippen LogP contribution < -0.4 is 10.6 Å². The van der Waals surface area contributed by atoms with Crippen LogP contribution in [0.3, 0.4) is 0 Å². The molecule has 1 fully saturated rings. The molecular formula is C16H21N3O2. The largest absolute Gasteiger partial charge is 0.366 e. The van der Waals surface area contributed by atoms with E-state index in [0.717, 1.165) is 13.0 Å². The van der Waals surface area contributed by atoms with Gasteiger partial charge in [0.05, 0.1) is 6.61 Å². The zero-order valence-corrected chi connectivity index (χ0v) is 12.2. The first-order valence-corrected chi connectivity index (χ1v) is 7.41. The van der Waals surface area contributed by atoms with E-state index < -0.39 is 0 Å². The Morgan fingerprint density at radius 1 is 1.48 bits per heavy atom. The Kier molecular flexibility index (Phi) is 4.22. The number of amides is 1. The van der Waals surface area contributed by atoms with Gasteiger partial charge in [0, 0.05) is 36.7 Å². The SMILES string of the molecule is Cc1cccc2c(CCNC(=O)C3CNCCO3)c[nH]c12. The number of aromatic amines is 1. The van der Waals surface area contributed by atoms with Crippen molar-refractivity contribution in [2.45, 2.75) is 19.4 Å². The van der Waals surface area contributed by atoms with Gasteiger partial charge in [-0.1, -0.05) is 18.2 Å². The van der Waals surface area contributed by atoms with Crippen LogP contribution in [0.1, 0.15) is 11.1 Å². The maximum Gasteiger partial charge on any atom is 0.250 e. The lowest BCUT2D eigenvalue weighted by Crippen LogP contribution is -2.48. The first kappa shape index (κ1) is 14.1. The highest BCUT2D eigenvalue weighted by molar-refractivity contribution is 5.86. The van der Waals surface area contributed by atoms with Gasteiger partial charge in [0.2, 0.25) is 5.91 Å². The smallest absolute Gasteiger partial charge is 0.250 e. The zero-order valence-electron chi connectivity index (χ0n) is 12.2. The third-order valence-corrected chi connectivity index (χ3v) is 3.92. The summed E-state index contributed by atoms with van der Waals surface area (Å²) >= 11 is 0. The van der Waals surface area contributed by atoms with Crippen LogP contribution in [0.15, 0.2) is 24.4 Å². The topological polar surface area (TPSA) is 66.2 Å². The predicted octanol–water partition coefficient (Wildman–Crippen LogP) is 1.12. The van der Waals surface area contributed by atoms with E-state index in [4.69, 9.17) is 4.74 Å². The van der Waals surface area contributed by atoms with Gasteiger partial charge in [-0.05, 0) is 24.5 Å². The van der Waals surface area contributed by atoms with Crippen LogP contribution >= 0.6 is 0 Å². The molecule has 0 saturated carbocycles. The van der Waals surface area contributed by atoms with Gasteiger partial charge in [-0.2, -0.15) is 0 Å². The summed E-state index contributed by atoms with van der Waals surface area (Å²) < 4.78 is 5.43. The van der Waals surface area contributed by atoms with E-state index in [1.54, 1.807) is 0 Å². The predicted molar refractivity (Wildman–Crippen MR) is 82.4 cm³/mol. The molecule has 2 heterocycles. The number of H-pyrrole nitrogens is 1. The number of ether oxygens (including phenoxy) is 1. The summed E-state index contributed by atoms with van der Waals surface area (Å²) in [4.78, 5) is 15.3. The summed E-state index contributed by atoms with van der Waals surface area (Å²) in [5.74, 6) is -0.0294. The highest BCUT2D eigenvalue weighted by atomic mass is 16.5. The van der Waals surface area contributed by atoms with Gasteiger partial charge in [0.1, 0.15) is 6.10 Å². The lowest BCUT2D eigenvalue weighted by Gasteiger charge is -2.22. The van der Waals surface area contributed by atoms with Crippen LogP contribution in [0.25, 0.3) is 10.9 Å². The molecule has 1 atom stereocenters. The van der Waals surface area contributed by atoms with Crippen LogP contribution in [0, 0.1) is 6.92 Å². The number of nitrogens with one attached hydrogen (secondary N) is 3. The summed E-state index contributed by atoms with van der Waals surface area (Å²) in [6, 6.07) is 6.27. The summed E-state index contributed by atoms with van der Waals surface area (Å²) in [7, 11) is 0. The van der Waals surface area contributed by atoms with E-state index in [0.29, 0.717) is 19.7 Å². The van der Waals surface area contributed by atoms with E-state index in [9.17, 15) is 4.79 Å². The molecule has 21 heavy (non-hydrogen) atoms. The van der Waals surface area contributed by atoms with Crippen molar-refractivity contribution in [2.24, 2.45) is 0 Å². The zero-order chi connectivity index (χ0) is 14.7. The van der Waals surface area contributed by atoms with Crippen molar-refractivity contribution in [3.63, 3.8) is 0 Å². The second-order valence-electron chi connectivity index (χ2n) is 5.42. The van der Waals surface area contributed by atoms with Crippen LogP contribution in [-0.2, 0) is 16.0 Å². The van der Waals surface area contributed by atoms with Crippen molar-refractivity contribution in [3.05, 3.63) is 35.5 Å². The first-order chi connectivity index (χ1) is 10.3. The van der Waals surface area contributed by atoms with Gasteiger partial charge in [-0.25, -0.2) is 0 Å². The quantitative estimate of drug-likeness (QED) is 0.789. The normalized spacial score (nSPS) is 18.8. The fourth-order valence-corrected chi connectivity index (χ4v) is 2.74. The van der Waals surface area contributed by atoms with Crippen LogP contribution in [0.5, 0.6) is 0 Å². The fourth-order valence-electron chi connectivity index (χ4n) is 2.74. The van der Waals surface area contributed by atoms with Crippen LogP contribution in [-0.4, -0.2) is 43.2 Å². The highest BCUT2D eigenvalue weighted by Crippen LogP contribution is 2.21. The molecule has 1 aliphatic rings. The molecule has 1 saturated heterocycles. The minimum absolute atomic E-state index is 0.0294. The van der Waals surface area contributed by atoms with Crippen LogP contribution in [0.4, 0.5) is 0 Å². The van der Waals surface area contributed by atoms with E-state index in [1.807, 2.05) is 6.20 Å². The number of morpholine rings is 1. The van der Waals surface area contributed by atoms with Gasteiger partial charge >= 0.3 is 0 Å². The number of benzene rings is 1. The number of aryl methyl sites for hydroxylation is 1. The average molecular weight is 287 g/mol.